The van der Waals surface area contributed by atoms with Gasteiger partial charge in [0.2, 0.25) is 0 Å². The molecule has 1 atom stereocenters. The first-order valence-corrected chi connectivity index (χ1v) is 8.95. The number of anilines is 1. The van der Waals surface area contributed by atoms with Gasteiger partial charge in [0.15, 0.2) is 9.34 Å². The lowest BCUT2D eigenvalue weighted by molar-refractivity contribution is 0.303. The Morgan fingerprint density at radius 2 is 2.00 bits per heavy atom. The number of aromatic nitrogens is 1. The Morgan fingerprint density at radius 1 is 1.37 bits per heavy atom. The Labute approximate surface area is 118 Å². The van der Waals surface area contributed by atoms with E-state index in [1.165, 1.54) is 19.3 Å². The van der Waals surface area contributed by atoms with Crippen molar-refractivity contribution in [3.05, 3.63) is 5.69 Å². The number of thiazole rings is 1. The summed E-state index contributed by atoms with van der Waals surface area (Å²) in [6.45, 7) is 3.62. The average molecular weight is 303 g/mol. The van der Waals surface area contributed by atoms with Crippen molar-refractivity contribution < 1.29 is 8.42 Å². The van der Waals surface area contributed by atoms with Gasteiger partial charge in [-0.05, 0) is 32.6 Å². The van der Waals surface area contributed by atoms with E-state index in [0.29, 0.717) is 16.7 Å². The van der Waals surface area contributed by atoms with Gasteiger partial charge in [0.25, 0.3) is 10.0 Å². The van der Waals surface area contributed by atoms with Crippen LogP contribution in [0.15, 0.2) is 4.21 Å². The third kappa shape index (κ3) is 3.46. The number of sulfonamides is 1. The van der Waals surface area contributed by atoms with Gasteiger partial charge in [-0.1, -0.05) is 30.6 Å². The van der Waals surface area contributed by atoms with Gasteiger partial charge in [-0.2, -0.15) is 0 Å². The van der Waals surface area contributed by atoms with Gasteiger partial charge in [0.1, 0.15) is 0 Å². The van der Waals surface area contributed by atoms with Crippen LogP contribution in [-0.4, -0.2) is 19.4 Å². The maximum absolute atomic E-state index is 12.3. The molecule has 1 aliphatic rings. The highest BCUT2D eigenvalue weighted by atomic mass is 32.2. The molecular formula is C12H21N3O2S2. The van der Waals surface area contributed by atoms with Crippen molar-refractivity contribution in [2.45, 2.75) is 56.2 Å². The number of aryl methyl sites for hydroxylation is 1. The number of rotatable bonds is 4. The molecule has 0 spiro atoms. The smallest absolute Gasteiger partial charge is 0.252 e. The Hall–Kier alpha value is -0.660. The minimum atomic E-state index is -3.49. The Morgan fingerprint density at radius 3 is 2.53 bits per heavy atom. The molecule has 3 N–H and O–H groups in total. The summed E-state index contributed by atoms with van der Waals surface area (Å²) in [5, 5.41) is 0.295. The van der Waals surface area contributed by atoms with E-state index in [4.69, 9.17) is 5.73 Å². The number of hydrogen-bond acceptors (Lipinski definition) is 5. The van der Waals surface area contributed by atoms with Gasteiger partial charge in [-0.15, -0.1) is 0 Å². The highest BCUT2D eigenvalue weighted by Gasteiger charge is 2.27. The molecule has 0 bridgehead atoms. The van der Waals surface area contributed by atoms with Crippen molar-refractivity contribution in [3.8, 4) is 0 Å². The van der Waals surface area contributed by atoms with E-state index in [9.17, 15) is 8.42 Å². The van der Waals surface area contributed by atoms with Gasteiger partial charge in [0.05, 0.1) is 5.69 Å². The Bertz CT molecular complexity index is 533. The first kappa shape index (κ1) is 14.7. The first-order valence-electron chi connectivity index (χ1n) is 6.65. The van der Waals surface area contributed by atoms with Gasteiger partial charge >= 0.3 is 0 Å². The van der Waals surface area contributed by atoms with E-state index >= 15 is 0 Å². The second-order valence-electron chi connectivity index (χ2n) is 5.23. The Balaban J connectivity index is 2.10. The highest BCUT2D eigenvalue weighted by molar-refractivity contribution is 7.91. The number of nitrogen functional groups attached to an aromatic ring is 1. The first-order chi connectivity index (χ1) is 8.90. The molecule has 7 heteroatoms. The summed E-state index contributed by atoms with van der Waals surface area (Å²) < 4.78 is 27.7. The van der Waals surface area contributed by atoms with E-state index in [2.05, 4.69) is 9.71 Å². The maximum Gasteiger partial charge on any atom is 0.252 e. The van der Waals surface area contributed by atoms with Crippen molar-refractivity contribution in [2.24, 2.45) is 5.92 Å². The molecule has 19 heavy (non-hydrogen) atoms. The fourth-order valence-electron chi connectivity index (χ4n) is 2.68. The lowest BCUT2D eigenvalue weighted by atomic mass is 9.85. The van der Waals surface area contributed by atoms with Gasteiger partial charge in [-0.25, -0.2) is 18.1 Å². The predicted octanol–water partition coefficient (Wildman–Crippen LogP) is 2.28. The molecule has 5 nitrogen and oxygen atoms in total. The number of nitrogens with zero attached hydrogens (tertiary/aromatic N) is 1. The summed E-state index contributed by atoms with van der Waals surface area (Å²) in [6, 6.07) is -0.0342. The summed E-state index contributed by atoms with van der Waals surface area (Å²) in [5.41, 5.74) is 6.04. The molecule has 1 heterocycles. The lowest BCUT2D eigenvalue weighted by Gasteiger charge is -2.27. The number of hydrogen-bond donors (Lipinski definition) is 2. The zero-order valence-electron chi connectivity index (χ0n) is 11.3. The lowest BCUT2D eigenvalue weighted by Crippen LogP contribution is -2.38. The third-order valence-electron chi connectivity index (χ3n) is 3.71. The van der Waals surface area contributed by atoms with E-state index < -0.39 is 10.0 Å². The van der Waals surface area contributed by atoms with Crippen LogP contribution in [-0.2, 0) is 10.0 Å². The predicted molar refractivity (Wildman–Crippen MR) is 77.6 cm³/mol. The van der Waals surface area contributed by atoms with Crippen molar-refractivity contribution in [1.29, 1.82) is 0 Å². The standard InChI is InChI=1S/C12H21N3O2S2/c1-8(10-6-4-3-5-7-10)15-19(16,17)11-9(2)14-12(13)18-11/h8,10,15H,3-7H2,1-2H3,(H2,13,14). The molecule has 108 valence electrons. The van der Waals surface area contributed by atoms with Gasteiger partial charge in [-0.3, -0.25) is 0 Å². The molecule has 0 radical (unpaired) electrons. The molecule has 0 amide bonds. The zero-order valence-corrected chi connectivity index (χ0v) is 13.0. The third-order valence-corrected chi connectivity index (χ3v) is 6.87. The van der Waals surface area contributed by atoms with Crippen LogP contribution >= 0.6 is 11.3 Å². The molecule has 0 saturated heterocycles. The fraction of sp³-hybridized carbons (Fsp3) is 0.750. The van der Waals surface area contributed by atoms with Gasteiger partial charge in [0, 0.05) is 6.04 Å². The summed E-state index contributed by atoms with van der Waals surface area (Å²) >= 11 is 1.03. The minimum absolute atomic E-state index is 0.0342. The van der Waals surface area contributed by atoms with E-state index in [1.54, 1.807) is 6.92 Å². The largest absolute Gasteiger partial charge is 0.375 e. The van der Waals surface area contributed by atoms with Crippen LogP contribution in [0.3, 0.4) is 0 Å². The molecule has 0 aliphatic heterocycles. The van der Waals surface area contributed by atoms with Gasteiger partial charge < -0.3 is 5.73 Å². The SMILES string of the molecule is Cc1nc(N)sc1S(=O)(=O)NC(C)C1CCCCC1. The van der Waals surface area contributed by atoms with Crippen LogP contribution in [0.5, 0.6) is 0 Å². The molecule has 0 aromatic carbocycles. The molecule has 2 rings (SSSR count). The molecule has 1 fully saturated rings. The van der Waals surface area contributed by atoms with Crippen molar-refractivity contribution in [2.75, 3.05) is 5.73 Å². The average Bonchev–Trinajstić information content (AvgIpc) is 2.70. The maximum atomic E-state index is 12.3. The second kappa shape index (κ2) is 5.76. The quantitative estimate of drug-likeness (QED) is 0.893. The van der Waals surface area contributed by atoms with Crippen molar-refractivity contribution >= 4 is 26.5 Å². The molecular weight excluding hydrogens is 282 g/mol. The van der Waals surface area contributed by atoms with Crippen LogP contribution in [0.25, 0.3) is 0 Å². The molecule has 1 aromatic heterocycles. The molecule has 1 aromatic rings. The second-order valence-corrected chi connectivity index (χ2v) is 8.17. The molecule has 1 saturated carbocycles. The summed E-state index contributed by atoms with van der Waals surface area (Å²) in [7, 11) is -3.49. The van der Waals surface area contributed by atoms with Crippen LogP contribution in [0.4, 0.5) is 5.13 Å². The normalized spacial score (nSPS) is 19.5. The van der Waals surface area contributed by atoms with Crippen LogP contribution < -0.4 is 10.5 Å². The minimum Gasteiger partial charge on any atom is -0.375 e. The monoisotopic (exact) mass is 303 g/mol. The van der Waals surface area contributed by atoms with Crippen LogP contribution in [0, 0.1) is 12.8 Å². The van der Waals surface area contributed by atoms with E-state index in [1.807, 2.05) is 6.92 Å². The van der Waals surface area contributed by atoms with Crippen LogP contribution in [0.2, 0.25) is 0 Å². The van der Waals surface area contributed by atoms with E-state index in [0.717, 1.165) is 24.2 Å². The number of nitrogens with one attached hydrogen (secondary N) is 1. The summed E-state index contributed by atoms with van der Waals surface area (Å²) in [6.07, 6.45) is 5.87. The fourth-order valence-corrected chi connectivity index (χ4v) is 5.31. The highest BCUT2D eigenvalue weighted by Crippen LogP contribution is 2.29. The van der Waals surface area contributed by atoms with Crippen LogP contribution in [0.1, 0.15) is 44.7 Å². The van der Waals surface area contributed by atoms with E-state index in [-0.39, 0.29) is 10.3 Å². The molecule has 1 aliphatic carbocycles. The molecule has 1 unspecified atom stereocenters. The summed E-state index contributed by atoms with van der Waals surface area (Å²) in [5.74, 6) is 0.439. The summed E-state index contributed by atoms with van der Waals surface area (Å²) in [4.78, 5) is 3.97. The zero-order chi connectivity index (χ0) is 14.0. The van der Waals surface area contributed by atoms with Crippen molar-refractivity contribution in [1.82, 2.24) is 9.71 Å². The Kier molecular flexibility index (Phi) is 4.47. The number of nitrogens with two attached hydrogens (primary N) is 1. The van der Waals surface area contributed by atoms with Crippen molar-refractivity contribution in [3.63, 3.8) is 0 Å². The topological polar surface area (TPSA) is 85.1 Å².